The van der Waals surface area contributed by atoms with Gasteiger partial charge in [-0.3, -0.25) is 14.6 Å². The smallest absolute Gasteiger partial charge is 0.311 e. The highest BCUT2D eigenvalue weighted by atomic mass is 35.5. The molecule has 0 saturated carbocycles. The zero-order valence-electron chi connectivity index (χ0n) is 24.1. The van der Waals surface area contributed by atoms with E-state index < -0.39 is 11.4 Å². The summed E-state index contributed by atoms with van der Waals surface area (Å²) >= 11 is 5.90. The Hall–Kier alpha value is -3.72. The van der Waals surface area contributed by atoms with Crippen molar-refractivity contribution in [3.05, 3.63) is 76.6 Å². The summed E-state index contributed by atoms with van der Waals surface area (Å²) in [5, 5.41) is 0.0801. The van der Waals surface area contributed by atoms with E-state index in [0.717, 1.165) is 17.1 Å². The van der Waals surface area contributed by atoms with Gasteiger partial charge in [0.1, 0.15) is 11.5 Å². The Kier molecular flexibility index (Phi) is 7.68. The van der Waals surface area contributed by atoms with Crippen molar-refractivity contribution in [2.45, 2.75) is 52.0 Å². The molecule has 4 heterocycles. The van der Waals surface area contributed by atoms with Gasteiger partial charge in [0, 0.05) is 37.3 Å². The van der Waals surface area contributed by atoms with E-state index in [2.05, 4.69) is 23.7 Å². The SMILES string of the molecule is CCOC(=O)Cc1ccc(N2CCN(C(=O)c3ccc4c(n3)C(C)(C)CN4c3ccc(Cl)c(F)c3)C(C)(C)C2)cn1. The van der Waals surface area contributed by atoms with E-state index in [1.165, 1.54) is 6.07 Å². The molecule has 10 heteroatoms. The number of hydrogen-bond acceptors (Lipinski definition) is 7. The molecular formula is C31H35ClFN5O3. The standard InChI is InChI=1S/C31H35ClFN5O3/c1-6-41-27(39)15-20-7-8-22(17-34-20)36-13-14-38(31(4,5)19-36)29(40)25-11-12-26-28(35-25)30(2,3)18-37(26)21-9-10-23(32)24(33)16-21/h7-12,16-17H,6,13-15,18-19H2,1-5H3. The van der Waals surface area contributed by atoms with Crippen LogP contribution in [0.25, 0.3) is 0 Å². The molecule has 2 aromatic heterocycles. The molecule has 0 radical (unpaired) electrons. The van der Waals surface area contributed by atoms with Crippen LogP contribution in [0.15, 0.2) is 48.7 Å². The predicted octanol–water partition coefficient (Wildman–Crippen LogP) is 5.55. The molecule has 0 unspecified atom stereocenters. The van der Waals surface area contributed by atoms with Gasteiger partial charge in [0.05, 0.1) is 52.5 Å². The van der Waals surface area contributed by atoms with Gasteiger partial charge >= 0.3 is 5.97 Å². The maximum atomic E-state index is 14.2. The van der Waals surface area contributed by atoms with Crippen molar-refractivity contribution < 1.29 is 18.7 Å². The Balaban J connectivity index is 1.32. The van der Waals surface area contributed by atoms with E-state index >= 15 is 0 Å². The lowest BCUT2D eigenvalue weighted by molar-refractivity contribution is -0.142. The van der Waals surface area contributed by atoms with Gasteiger partial charge in [0.25, 0.3) is 5.91 Å². The largest absolute Gasteiger partial charge is 0.466 e. The summed E-state index contributed by atoms with van der Waals surface area (Å²) < 4.78 is 19.2. The minimum atomic E-state index is -0.472. The number of aromatic nitrogens is 2. The molecule has 0 atom stereocenters. The first kappa shape index (κ1) is 28.8. The summed E-state index contributed by atoms with van der Waals surface area (Å²) in [6.45, 7) is 12.8. The molecule has 5 rings (SSSR count). The number of rotatable bonds is 6. The molecule has 2 aliphatic rings. The van der Waals surface area contributed by atoms with Gasteiger partial charge in [0.2, 0.25) is 0 Å². The normalized spacial score (nSPS) is 17.4. The summed E-state index contributed by atoms with van der Waals surface area (Å²) in [5.41, 5.74) is 3.54. The van der Waals surface area contributed by atoms with Crippen LogP contribution in [-0.2, 0) is 21.4 Å². The number of amides is 1. The maximum absolute atomic E-state index is 14.2. The van der Waals surface area contributed by atoms with Crippen LogP contribution in [0.1, 0.15) is 56.5 Å². The fraction of sp³-hybridized carbons (Fsp3) is 0.419. The van der Waals surface area contributed by atoms with Crippen LogP contribution in [0.5, 0.6) is 0 Å². The van der Waals surface area contributed by atoms with Crippen molar-refractivity contribution in [1.82, 2.24) is 14.9 Å². The number of hydrogen-bond donors (Lipinski definition) is 0. The number of anilines is 3. The van der Waals surface area contributed by atoms with Crippen molar-refractivity contribution in [3.63, 3.8) is 0 Å². The van der Waals surface area contributed by atoms with Crippen molar-refractivity contribution in [2.75, 3.05) is 42.6 Å². The van der Waals surface area contributed by atoms with Crippen LogP contribution in [-0.4, -0.2) is 65.1 Å². The number of ether oxygens (including phenoxy) is 1. The lowest BCUT2D eigenvalue weighted by Crippen LogP contribution is -2.61. The second-order valence-corrected chi connectivity index (χ2v) is 12.2. The van der Waals surface area contributed by atoms with Crippen LogP contribution in [0, 0.1) is 5.82 Å². The van der Waals surface area contributed by atoms with Crippen LogP contribution in [0.2, 0.25) is 5.02 Å². The average Bonchev–Trinajstić information content (AvgIpc) is 3.20. The number of fused-ring (bicyclic) bond motifs is 1. The van der Waals surface area contributed by atoms with Gasteiger partial charge < -0.3 is 19.4 Å². The molecule has 2 aliphatic heterocycles. The first-order chi connectivity index (χ1) is 19.4. The Labute approximate surface area is 245 Å². The van der Waals surface area contributed by atoms with Crippen LogP contribution >= 0.6 is 11.6 Å². The first-order valence-electron chi connectivity index (χ1n) is 13.8. The van der Waals surface area contributed by atoms with Gasteiger partial charge in [-0.2, -0.15) is 0 Å². The average molecular weight is 580 g/mol. The molecule has 0 N–H and O–H groups in total. The number of esters is 1. The molecule has 1 fully saturated rings. The Morgan fingerprint density at radius 3 is 2.44 bits per heavy atom. The lowest BCUT2D eigenvalue weighted by Gasteiger charge is -2.47. The molecule has 216 valence electrons. The van der Waals surface area contributed by atoms with Gasteiger partial charge in [-0.05, 0) is 63.2 Å². The Bertz CT molecular complexity index is 1480. The fourth-order valence-corrected chi connectivity index (χ4v) is 5.80. The van der Waals surface area contributed by atoms with E-state index in [-0.39, 0.29) is 28.7 Å². The van der Waals surface area contributed by atoms with Crippen molar-refractivity contribution in [2.24, 2.45) is 0 Å². The number of piperazine rings is 1. The molecule has 1 amide bonds. The molecule has 0 bridgehead atoms. The summed E-state index contributed by atoms with van der Waals surface area (Å²) in [4.78, 5) is 41.0. The number of nitrogens with zero attached hydrogens (tertiary/aromatic N) is 5. The van der Waals surface area contributed by atoms with E-state index in [0.29, 0.717) is 49.9 Å². The second kappa shape index (κ2) is 10.9. The molecule has 1 aromatic carbocycles. The zero-order chi connectivity index (χ0) is 29.5. The summed E-state index contributed by atoms with van der Waals surface area (Å²) in [5.74, 6) is -0.886. The third-order valence-electron chi connectivity index (χ3n) is 7.75. The highest BCUT2D eigenvalue weighted by molar-refractivity contribution is 6.30. The monoisotopic (exact) mass is 579 g/mol. The quantitative estimate of drug-likeness (QED) is 0.355. The highest BCUT2D eigenvalue weighted by Gasteiger charge is 2.41. The molecule has 41 heavy (non-hydrogen) atoms. The molecule has 1 saturated heterocycles. The highest BCUT2D eigenvalue weighted by Crippen LogP contribution is 2.44. The Morgan fingerprint density at radius 1 is 1.02 bits per heavy atom. The summed E-state index contributed by atoms with van der Waals surface area (Å²) in [7, 11) is 0. The van der Waals surface area contributed by atoms with Gasteiger partial charge in [0.15, 0.2) is 0 Å². The molecule has 0 spiro atoms. The summed E-state index contributed by atoms with van der Waals surface area (Å²) in [6.07, 6.45) is 1.91. The number of carbonyl (C=O) groups excluding carboxylic acids is 2. The third-order valence-corrected chi connectivity index (χ3v) is 8.05. The van der Waals surface area contributed by atoms with E-state index in [1.807, 2.05) is 41.8 Å². The predicted molar refractivity (Wildman–Crippen MR) is 158 cm³/mol. The van der Waals surface area contributed by atoms with Gasteiger partial charge in [-0.1, -0.05) is 25.4 Å². The van der Waals surface area contributed by atoms with Crippen molar-refractivity contribution >= 4 is 40.5 Å². The topological polar surface area (TPSA) is 78.9 Å². The van der Waals surface area contributed by atoms with Crippen molar-refractivity contribution in [3.8, 4) is 0 Å². The molecule has 0 aliphatic carbocycles. The van der Waals surface area contributed by atoms with E-state index in [1.54, 1.807) is 31.3 Å². The van der Waals surface area contributed by atoms with Gasteiger partial charge in [-0.25, -0.2) is 9.37 Å². The molecular weight excluding hydrogens is 545 g/mol. The molecule has 8 nitrogen and oxygen atoms in total. The van der Waals surface area contributed by atoms with Gasteiger partial charge in [-0.15, -0.1) is 0 Å². The summed E-state index contributed by atoms with van der Waals surface area (Å²) in [6, 6.07) is 12.2. The second-order valence-electron chi connectivity index (χ2n) is 11.8. The number of benzene rings is 1. The van der Waals surface area contributed by atoms with Crippen LogP contribution in [0.3, 0.4) is 0 Å². The van der Waals surface area contributed by atoms with Crippen LogP contribution in [0.4, 0.5) is 21.5 Å². The fourth-order valence-electron chi connectivity index (χ4n) is 5.68. The number of pyridine rings is 2. The van der Waals surface area contributed by atoms with E-state index in [9.17, 15) is 14.0 Å². The third kappa shape index (κ3) is 5.73. The van der Waals surface area contributed by atoms with Crippen LogP contribution < -0.4 is 9.80 Å². The van der Waals surface area contributed by atoms with Crippen molar-refractivity contribution in [1.29, 1.82) is 0 Å². The minimum absolute atomic E-state index is 0.0801. The maximum Gasteiger partial charge on any atom is 0.311 e. The lowest BCUT2D eigenvalue weighted by atomic mass is 9.91. The minimum Gasteiger partial charge on any atom is -0.466 e. The number of carbonyl (C=O) groups is 2. The molecule has 3 aromatic rings. The Morgan fingerprint density at radius 2 is 1.78 bits per heavy atom. The first-order valence-corrected chi connectivity index (χ1v) is 14.2. The number of halogens is 2. The van der Waals surface area contributed by atoms with E-state index in [4.69, 9.17) is 21.3 Å². The zero-order valence-corrected chi connectivity index (χ0v) is 24.8.